The number of benzene rings is 1. The van der Waals surface area contributed by atoms with Crippen LogP contribution >= 0.6 is 0 Å². The summed E-state index contributed by atoms with van der Waals surface area (Å²) in [5.41, 5.74) is 7.75. The van der Waals surface area contributed by atoms with Gasteiger partial charge < -0.3 is 10.5 Å². The van der Waals surface area contributed by atoms with Crippen molar-refractivity contribution in [2.24, 2.45) is 17.6 Å². The highest BCUT2D eigenvalue weighted by Gasteiger charge is 2.31. The Morgan fingerprint density at radius 1 is 1.19 bits per heavy atom. The van der Waals surface area contributed by atoms with E-state index in [-0.39, 0.29) is 17.6 Å². The Morgan fingerprint density at radius 3 is 2.52 bits per heavy atom. The maximum Gasteiger partial charge on any atom is 0.120 e. The molecule has 0 aliphatic heterocycles. The van der Waals surface area contributed by atoms with Gasteiger partial charge in [-0.1, -0.05) is 46.8 Å². The Bertz CT molecular complexity index is 461. The molecule has 1 aromatic carbocycles. The molecule has 1 aromatic rings. The first-order valence-electron chi connectivity index (χ1n) is 8.30. The molecule has 0 aromatic heterocycles. The molecule has 0 bridgehead atoms. The predicted molar refractivity (Wildman–Crippen MR) is 89.7 cm³/mol. The Kier molecular flexibility index (Phi) is 4.98. The van der Waals surface area contributed by atoms with Gasteiger partial charge in [0.15, 0.2) is 0 Å². The van der Waals surface area contributed by atoms with E-state index >= 15 is 0 Å². The molecule has 0 spiro atoms. The number of hydrogen-bond donors (Lipinski definition) is 1. The van der Waals surface area contributed by atoms with Crippen LogP contribution in [0, 0.1) is 11.8 Å². The molecule has 1 fully saturated rings. The van der Waals surface area contributed by atoms with Gasteiger partial charge in [0.1, 0.15) is 11.9 Å². The van der Waals surface area contributed by atoms with Crippen LogP contribution in [0.4, 0.5) is 0 Å². The van der Waals surface area contributed by atoms with E-state index in [4.69, 9.17) is 10.5 Å². The van der Waals surface area contributed by atoms with Gasteiger partial charge in [0, 0.05) is 6.04 Å². The average Bonchev–Trinajstić information content (AvgIpc) is 2.40. The third-order valence-corrected chi connectivity index (χ3v) is 4.81. The molecular formula is C19H31NO. The van der Waals surface area contributed by atoms with Crippen molar-refractivity contribution >= 4 is 0 Å². The highest BCUT2D eigenvalue weighted by Crippen LogP contribution is 2.33. The van der Waals surface area contributed by atoms with Crippen molar-refractivity contribution in [3.63, 3.8) is 0 Å². The maximum atomic E-state index is 6.29. The summed E-state index contributed by atoms with van der Waals surface area (Å²) in [6.07, 6.45) is 3.55. The van der Waals surface area contributed by atoms with E-state index in [0.717, 1.165) is 24.5 Å². The molecule has 2 nitrogen and oxygen atoms in total. The van der Waals surface area contributed by atoms with Gasteiger partial charge in [0.2, 0.25) is 0 Å². The molecule has 0 saturated heterocycles. The zero-order valence-electron chi connectivity index (χ0n) is 14.2. The van der Waals surface area contributed by atoms with Crippen molar-refractivity contribution in [1.29, 1.82) is 0 Å². The molecule has 0 amide bonds. The summed E-state index contributed by atoms with van der Waals surface area (Å²) in [7, 11) is 0. The molecule has 2 rings (SSSR count). The van der Waals surface area contributed by atoms with Crippen molar-refractivity contribution in [2.45, 2.75) is 71.4 Å². The molecule has 2 heteroatoms. The zero-order chi connectivity index (χ0) is 15.6. The summed E-state index contributed by atoms with van der Waals surface area (Å²) in [6.45, 7) is 11.3. The van der Waals surface area contributed by atoms with Gasteiger partial charge in [0.05, 0.1) is 0 Å². The topological polar surface area (TPSA) is 35.2 Å². The van der Waals surface area contributed by atoms with Crippen LogP contribution in [0.1, 0.15) is 59.4 Å². The zero-order valence-corrected chi connectivity index (χ0v) is 14.2. The molecule has 0 radical (unpaired) electrons. The van der Waals surface area contributed by atoms with Gasteiger partial charge in [-0.3, -0.25) is 0 Å². The first kappa shape index (κ1) is 16.4. The third-order valence-electron chi connectivity index (χ3n) is 4.81. The number of hydrogen-bond acceptors (Lipinski definition) is 2. The summed E-state index contributed by atoms with van der Waals surface area (Å²) in [4.78, 5) is 0. The first-order valence-corrected chi connectivity index (χ1v) is 8.30. The molecule has 1 aliphatic carbocycles. The second kappa shape index (κ2) is 6.39. The van der Waals surface area contributed by atoms with Gasteiger partial charge >= 0.3 is 0 Å². The van der Waals surface area contributed by atoms with Crippen LogP contribution in [0.25, 0.3) is 0 Å². The Morgan fingerprint density at radius 2 is 1.90 bits per heavy atom. The van der Waals surface area contributed by atoms with Crippen LogP contribution in [-0.4, -0.2) is 12.1 Å². The van der Waals surface area contributed by atoms with Gasteiger partial charge in [0.25, 0.3) is 0 Å². The second-order valence-corrected chi connectivity index (χ2v) is 7.92. The monoisotopic (exact) mass is 289 g/mol. The van der Waals surface area contributed by atoms with E-state index in [1.165, 1.54) is 12.0 Å². The van der Waals surface area contributed by atoms with E-state index in [0.29, 0.717) is 5.92 Å². The first-order chi connectivity index (χ1) is 9.77. The minimum Gasteiger partial charge on any atom is -0.489 e. The van der Waals surface area contributed by atoms with E-state index in [9.17, 15) is 0 Å². The molecule has 0 heterocycles. The molecule has 3 unspecified atom stereocenters. The van der Waals surface area contributed by atoms with Crippen LogP contribution in [0.5, 0.6) is 5.75 Å². The maximum absolute atomic E-state index is 6.29. The minimum atomic E-state index is 0.147. The molecule has 2 N–H and O–H groups in total. The van der Waals surface area contributed by atoms with Crippen LogP contribution in [0.3, 0.4) is 0 Å². The van der Waals surface area contributed by atoms with E-state index < -0.39 is 0 Å². The van der Waals surface area contributed by atoms with Gasteiger partial charge in [-0.25, -0.2) is 0 Å². The van der Waals surface area contributed by atoms with Crippen LogP contribution in [0.2, 0.25) is 0 Å². The fourth-order valence-electron chi connectivity index (χ4n) is 3.14. The van der Waals surface area contributed by atoms with Crippen molar-refractivity contribution in [2.75, 3.05) is 0 Å². The lowest BCUT2D eigenvalue weighted by Crippen LogP contribution is -2.44. The van der Waals surface area contributed by atoms with Gasteiger partial charge in [-0.15, -0.1) is 0 Å². The van der Waals surface area contributed by atoms with Crippen LogP contribution in [-0.2, 0) is 5.41 Å². The smallest absolute Gasteiger partial charge is 0.120 e. The lowest BCUT2D eigenvalue weighted by Gasteiger charge is -2.36. The van der Waals surface area contributed by atoms with Gasteiger partial charge in [-0.2, -0.15) is 0 Å². The lowest BCUT2D eigenvalue weighted by atomic mass is 9.78. The number of ether oxygens (including phenoxy) is 1. The molecule has 3 atom stereocenters. The van der Waals surface area contributed by atoms with Gasteiger partial charge in [-0.05, 0) is 54.2 Å². The van der Waals surface area contributed by atoms with E-state index in [1.54, 1.807) is 0 Å². The summed E-state index contributed by atoms with van der Waals surface area (Å²) < 4.78 is 6.26. The molecular weight excluding hydrogens is 258 g/mol. The molecule has 1 saturated carbocycles. The average molecular weight is 289 g/mol. The standard InChI is InChI=1S/C19H31NO/c1-13(2)14-9-10-17(20)18(11-14)21-16-8-6-7-15(12-16)19(3,4)5/h6-8,12-14,17-18H,9-11,20H2,1-5H3. The SMILES string of the molecule is CC(C)C1CCC(N)C(Oc2cccc(C(C)(C)C)c2)C1. The largest absolute Gasteiger partial charge is 0.489 e. The van der Waals surface area contributed by atoms with Crippen molar-refractivity contribution < 1.29 is 4.74 Å². The quantitative estimate of drug-likeness (QED) is 0.888. The Labute approximate surface area is 130 Å². The van der Waals surface area contributed by atoms with Crippen molar-refractivity contribution in [3.8, 4) is 5.75 Å². The Hall–Kier alpha value is -1.02. The summed E-state index contributed by atoms with van der Waals surface area (Å²) in [5.74, 6) is 2.41. The van der Waals surface area contributed by atoms with Crippen molar-refractivity contribution in [1.82, 2.24) is 0 Å². The van der Waals surface area contributed by atoms with Crippen LogP contribution in [0.15, 0.2) is 24.3 Å². The summed E-state index contributed by atoms with van der Waals surface area (Å²) in [5, 5.41) is 0. The second-order valence-electron chi connectivity index (χ2n) is 7.92. The summed E-state index contributed by atoms with van der Waals surface area (Å²) >= 11 is 0. The number of rotatable bonds is 3. The highest BCUT2D eigenvalue weighted by atomic mass is 16.5. The molecule has 1 aliphatic rings. The summed E-state index contributed by atoms with van der Waals surface area (Å²) in [6, 6.07) is 8.65. The predicted octanol–water partition coefficient (Wildman–Crippen LogP) is 4.51. The number of nitrogens with two attached hydrogens (primary N) is 1. The third kappa shape index (κ3) is 4.23. The fraction of sp³-hybridized carbons (Fsp3) is 0.684. The highest BCUT2D eigenvalue weighted by molar-refractivity contribution is 5.32. The minimum absolute atomic E-state index is 0.147. The van der Waals surface area contributed by atoms with Crippen molar-refractivity contribution in [3.05, 3.63) is 29.8 Å². The molecule has 118 valence electrons. The van der Waals surface area contributed by atoms with E-state index in [1.807, 2.05) is 0 Å². The van der Waals surface area contributed by atoms with Crippen LogP contribution < -0.4 is 10.5 Å². The lowest BCUT2D eigenvalue weighted by molar-refractivity contribution is 0.0866. The molecule has 21 heavy (non-hydrogen) atoms. The Balaban J connectivity index is 2.09. The fourth-order valence-corrected chi connectivity index (χ4v) is 3.14. The van der Waals surface area contributed by atoms with E-state index in [2.05, 4.69) is 58.9 Å². The normalized spacial score (nSPS) is 26.9.